The van der Waals surface area contributed by atoms with Crippen LogP contribution < -0.4 is 10.9 Å². The molecule has 0 aliphatic heterocycles. The highest BCUT2D eigenvalue weighted by Crippen LogP contribution is 2.18. The molecule has 4 aromatic rings. The number of nitrogens with zero attached hydrogens (tertiary/aromatic N) is 4. The summed E-state index contributed by atoms with van der Waals surface area (Å²) in [6, 6.07) is 8.48. The van der Waals surface area contributed by atoms with Crippen molar-refractivity contribution in [1.29, 1.82) is 0 Å². The molecule has 134 valence electrons. The summed E-state index contributed by atoms with van der Waals surface area (Å²) in [4.78, 5) is 39.7. The van der Waals surface area contributed by atoms with Crippen LogP contribution in [0.1, 0.15) is 21.9 Å². The Hall–Kier alpha value is -3.81. The number of rotatable bonds is 3. The molecule has 8 heteroatoms. The zero-order chi connectivity index (χ0) is 19.0. The molecule has 1 amide bonds. The van der Waals surface area contributed by atoms with Gasteiger partial charge in [-0.2, -0.15) is 0 Å². The molecular weight excluding hydrogens is 344 g/mol. The van der Waals surface area contributed by atoms with Crippen LogP contribution in [0.5, 0.6) is 0 Å². The Morgan fingerprint density at radius 3 is 2.63 bits per heavy atom. The van der Waals surface area contributed by atoms with Crippen molar-refractivity contribution in [2.24, 2.45) is 0 Å². The van der Waals surface area contributed by atoms with Gasteiger partial charge in [-0.25, -0.2) is 15.0 Å². The number of aromatic nitrogens is 5. The molecule has 0 saturated heterocycles. The second kappa shape index (κ2) is 6.49. The predicted octanol–water partition coefficient (Wildman–Crippen LogP) is 2.35. The Labute approximate surface area is 154 Å². The Kier molecular flexibility index (Phi) is 4.00. The van der Waals surface area contributed by atoms with Crippen molar-refractivity contribution < 1.29 is 4.79 Å². The Morgan fingerprint density at radius 2 is 1.89 bits per heavy atom. The molecule has 27 heavy (non-hydrogen) atoms. The summed E-state index contributed by atoms with van der Waals surface area (Å²) >= 11 is 0. The number of anilines is 1. The molecule has 8 nitrogen and oxygen atoms in total. The molecular formula is C19H16N6O2. The number of benzene rings is 1. The summed E-state index contributed by atoms with van der Waals surface area (Å²) in [7, 11) is 0. The SMILES string of the molecule is Cc1cc(=O)[nH]c(-c2ccc(NC(=O)c3nccn4cc(C)nc34)cc2)n1. The third kappa shape index (κ3) is 3.32. The van der Waals surface area contributed by atoms with Crippen molar-refractivity contribution in [2.45, 2.75) is 13.8 Å². The van der Waals surface area contributed by atoms with E-state index in [4.69, 9.17) is 0 Å². The van der Waals surface area contributed by atoms with Gasteiger partial charge in [0.05, 0.1) is 5.69 Å². The van der Waals surface area contributed by atoms with Crippen LogP contribution in [-0.4, -0.2) is 30.2 Å². The first kappa shape index (κ1) is 16.6. The first-order valence-electron chi connectivity index (χ1n) is 8.30. The van der Waals surface area contributed by atoms with Crippen LogP contribution in [0.4, 0.5) is 5.69 Å². The number of imidazole rings is 1. The average molecular weight is 360 g/mol. The van der Waals surface area contributed by atoms with Crippen LogP contribution in [-0.2, 0) is 0 Å². The summed E-state index contributed by atoms with van der Waals surface area (Å²) in [5.41, 5.74) is 3.35. The van der Waals surface area contributed by atoms with Crippen LogP contribution in [0.2, 0.25) is 0 Å². The summed E-state index contributed by atoms with van der Waals surface area (Å²) < 4.78 is 1.76. The molecule has 3 heterocycles. The van der Waals surface area contributed by atoms with E-state index in [9.17, 15) is 9.59 Å². The topological polar surface area (TPSA) is 105 Å². The van der Waals surface area contributed by atoms with E-state index >= 15 is 0 Å². The maximum Gasteiger partial charge on any atom is 0.278 e. The van der Waals surface area contributed by atoms with Gasteiger partial charge in [0, 0.05) is 41.6 Å². The molecule has 0 bridgehead atoms. The molecule has 3 aromatic heterocycles. The fourth-order valence-electron chi connectivity index (χ4n) is 2.82. The van der Waals surface area contributed by atoms with Gasteiger partial charge >= 0.3 is 0 Å². The minimum absolute atomic E-state index is 0.205. The first-order valence-corrected chi connectivity index (χ1v) is 8.30. The van der Waals surface area contributed by atoms with E-state index in [1.807, 2.05) is 13.1 Å². The lowest BCUT2D eigenvalue weighted by atomic mass is 10.2. The number of H-pyrrole nitrogens is 1. The normalized spacial score (nSPS) is 10.9. The van der Waals surface area contributed by atoms with Crippen LogP contribution in [0.25, 0.3) is 17.0 Å². The van der Waals surface area contributed by atoms with Gasteiger partial charge in [-0.05, 0) is 38.1 Å². The maximum absolute atomic E-state index is 12.6. The lowest BCUT2D eigenvalue weighted by Crippen LogP contribution is -2.15. The van der Waals surface area contributed by atoms with Crippen LogP contribution in [0, 0.1) is 13.8 Å². The number of nitrogens with one attached hydrogen (secondary N) is 2. The van der Waals surface area contributed by atoms with E-state index < -0.39 is 0 Å². The molecule has 2 N–H and O–H groups in total. The van der Waals surface area contributed by atoms with Crippen molar-refractivity contribution in [1.82, 2.24) is 24.3 Å². The standard InChI is InChI=1S/C19H16N6O2/c1-11-9-15(26)24-17(21-11)13-3-5-14(6-4-13)23-19(27)16-18-22-12(2)10-25(18)8-7-20-16/h3-10H,1-2H3,(H,23,27)(H,21,24,26). The van der Waals surface area contributed by atoms with Crippen LogP contribution >= 0.6 is 0 Å². The van der Waals surface area contributed by atoms with Gasteiger partial charge in [0.1, 0.15) is 5.82 Å². The van der Waals surface area contributed by atoms with Gasteiger partial charge in [-0.3, -0.25) is 9.59 Å². The van der Waals surface area contributed by atoms with Crippen LogP contribution in [0.3, 0.4) is 0 Å². The van der Waals surface area contributed by atoms with Gasteiger partial charge in [0.15, 0.2) is 11.3 Å². The van der Waals surface area contributed by atoms with E-state index in [0.717, 1.165) is 11.3 Å². The van der Waals surface area contributed by atoms with Crippen molar-refractivity contribution in [2.75, 3.05) is 5.32 Å². The lowest BCUT2D eigenvalue weighted by Gasteiger charge is -2.07. The highest BCUT2D eigenvalue weighted by molar-refractivity contribution is 6.06. The molecule has 0 spiro atoms. The number of carbonyl (C=O) groups excluding carboxylic acids is 1. The lowest BCUT2D eigenvalue weighted by molar-refractivity contribution is 0.102. The number of hydrogen-bond acceptors (Lipinski definition) is 5. The Bertz CT molecular complexity index is 1210. The van der Waals surface area contributed by atoms with E-state index in [0.29, 0.717) is 22.9 Å². The Balaban J connectivity index is 1.59. The number of carbonyl (C=O) groups is 1. The number of amides is 1. The van der Waals surface area contributed by atoms with Crippen molar-refractivity contribution in [3.8, 4) is 11.4 Å². The largest absolute Gasteiger partial charge is 0.321 e. The minimum Gasteiger partial charge on any atom is -0.321 e. The highest BCUT2D eigenvalue weighted by Gasteiger charge is 2.14. The number of aryl methyl sites for hydroxylation is 2. The summed E-state index contributed by atoms with van der Waals surface area (Å²) in [5.74, 6) is 0.137. The zero-order valence-electron chi connectivity index (χ0n) is 14.7. The van der Waals surface area contributed by atoms with Gasteiger partial charge < -0.3 is 14.7 Å². The van der Waals surface area contributed by atoms with Gasteiger partial charge in [0.25, 0.3) is 11.5 Å². The van der Waals surface area contributed by atoms with Crippen molar-refractivity contribution >= 4 is 17.2 Å². The second-order valence-corrected chi connectivity index (χ2v) is 6.16. The van der Waals surface area contributed by atoms with Crippen LogP contribution in [0.15, 0.2) is 53.7 Å². The minimum atomic E-state index is -0.346. The molecule has 0 aliphatic rings. The zero-order valence-corrected chi connectivity index (χ0v) is 14.7. The second-order valence-electron chi connectivity index (χ2n) is 6.16. The fraction of sp³-hybridized carbons (Fsp3) is 0.105. The van der Waals surface area contributed by atoms with E-state index in [-0.39, 0.29) is 17.2 Å². The molecule has 1 aromatic carbocycles. The van der Waals surface area contributed by atoms with Gasteiger partial charge in [0.2, 0.25) is 0 Å². The highest BCUT2D eigenvalue weighted by atomic mass is 16.2. The Morgan fingerprint density at radius 1 is 1.11 bits per heavy atom. The molecule has 4 rings (SSSR count). The molecule has 0 fully saturated rings. The number of fused-ring (bicyclic) bond motifs is 1. The predicted molar refractivity (Wildman–Crippen MR) is 101 cm³/mol. The molecule has 0 saturated carbocycles. The monoisotopic (exact) mass is 360 g/mol. The van der Waals surface area contributed by atoms with Gasteiger partial charge in [-0.15, -0.1) is 0 Å². The van der Waals surface area contributed by atoms with Crippen molar-refractivity contribution in [3.63, 3.8) is 0 Å². The van der Waals surface area contributed by atoms with E-state index in [1.165, 1.54) is 6.07 Å². The summed E-state index contributed by atoms with van der Waals surface area (Å²) in [6.07, 6.45) is 5.14. The van der Waals surface area contributed by atoms with E-state index in [1.54, 1.807) is 48.0 Å². The third-order valence-electron chi connectivity index (χ3n) is 4.00. The van der Waals surface area contributed by atoms with Gasteiger partial charge in [-0.1, -0.05) is 0 Å². The van der Waals surface area contributed by atoms with E-state index in [2.05, 4.69) is 25.3 Å². The quantitative estimate of drug-likeness (QED) is 0.583. The number of aromatic amines is 1. The molecule has 0 aliphatic carbocycles. The smallest absolute Gasteiger partial charge is 0.278 e. The summed E-state index contributed by atoms with van der Waals surface area (Å²) in [5, 5.41) is 2.81. The molecule has 0 radical (unpaired) electrons. The maximum atomic E-state index is 12.6. The summed E-state index contributed by atoms with van der Waals surface area (Å²) in [6.45, 7) is 3.62. The first-order chi connectivity index (χ1) is 13.0. The third-order valence-corrected chi connectivity index (χ3v) is 4.00. The average Bonchev–Trinajstić information content (AvgIpc) is 3.01. The fourth-order valence-corrected chi connectivity index (χ4v) is 2.82. The van der Waals surface area contributed by atoms with Crippen molar-refractivity contribution in [3.05, 3.63) is 76.4 Å². The molecule has 0 atom stereocenters. The molecule has 0 unspecified atom stereocenters. The number of hydrogen-bond donors (Lipinski definition) is 2.